The molecule has 0 saturated heterocycles. The minimum absolute atomic E-state index is 0.425. The zero-order chi connectivity index (χ0) is 12.1. The number of aliphatic hydroxyl groups is 2. The minimum atomic E-state index is -1.03. The summed E-state index contributed by atoms with van der Waals surface area (Å²) >= 11 is 0. The molecule has 90 valence electrons. The van der Waals surface area contributed by atoms with Crippen LogP contribution in [0.25, 0.3) is 0 Å². The molecule has 4 nitrogen and oxygen atoms in total. The molecular weight excluding hydrogens is 211 g/mol. The van der Waals surface area contributed by atoms with Gasteiger partial charge in [0.05, 0.1) is 6.10 Å². The molecule has 1 aromatic heterocycles. The lowest BCUT2D eigenvalue weighted by Gasteiger charge is -2.19. The molecule has 0 spiro atoms. The summed E-state index contributed by atoms with van der Waals surface area (Å²) in [5.74, 6) is -0.585. The van der Waals surface area contributed by atoms with Crippen molar-refractivity contribution in [2.75, 3.05) is 13.6 Å². The second-order valence-corrected chi connectivity index (χ2v) is 3.77. The van der Waals surface area contributed by atoms with E-state index in [1.807, 2.05) is 0 Å². The van der Waals surface area contributed by atoms with E-state index in [-0.39, 0.29) is 0 Å². The number of halogens is 1. The standard InChI is InChI=1S/C11H17FN2O2/c1-7-5-10(12)14-6-8(7)11(16)9(15)3-4-13-2/h5-6,9,11,13,15-16H,3-4H2,1-2H3. The van der Waals surface area contributed by atoms with Gasteiger partial charge in [-0.05, 0) is 38.6 Å². The zero-order valence-electron chi connectivity index (χ0n) is 9.44. The minimum Gasteiger partial charge on any atom is -0.390 e. The van der Waals surface area contributed by atoms with Crippen molar-refractivity contribution in [1.82, 2.24) is 10.3 Å². The van der Waals surface area contributed by atoms with E-state index in [1.54, 1.807) is 14.0 Å². The van der Waals surface area contributed by atoms with Gasteiger partial charge < -0.3 is 15.5 Å². The van der Waals surface area contributed by atoms with Gasteiger partial charge >= 0.3 is 0 Å². The van der Waals surface area contributed by atoms with Gasteiger partial charge in [0.1, 0.15) is 6.10 Å². The highest BCUT2D eigenvalue weighted by Gasteiger charge is 2.20. The predicted octanol–water partition coefficient (Wildman–Crippen LogP) is 0.533. The Kier molecular flexibility index (Phi) is 4.79. The Morgan fingerprint density at radius 2 is 2.19 bits per heavy atom. The predicted molar refractivity (Wildman–Crippen MR) is 58.4 cm³/mol. The Bertz CT molecular complexity index is 347. The second-order valence-electron chi connectivity index (χ2n) is 3.77. The normalized spacial score (nSPS) is 14.8. The van der Waals surface area contributed by atoms with E-state index in [4.69, 9.17) is 0 Å². The van der Waals surface area contributed by atoms with Gasteiger partial charge in [-0.2, -0.15) is 4.39 Å². The highest BCUT2D eigenvalue weighted by atomic mass is 19.1. The fraction of sp³-hybridized carbons (Fsp3) is 0.545. The molecule has 0 aliphatic heterocycles. The Balaban J connectivity index is 2.75. The molecule has 2 unspecified atom stereocenters. The zero-order valence-corrected chi connectivity index (χ0v) is 9.44. The molecular formula is C11H17FN2O2. The van der Waals surface area contributed by atoms with E-state index in [0.717, 1.165) is 0 Å². The van der Waals surface area contributed by atoms with E-state index in [0.29, 0.717) is 24.1 Å². The molecule has 1 heterocycles. The van der Waals surface area contributed by atoms with Crippen LogP contribution in [0.1, 0.15) is 23.7 Å². The smallest absolute Gasteiger partial charge is 0.213 e. The SMILES string of the molecule is CNCCC(O)C(O)c1cnc(F)cc1C. The van der Waals surface area contributed by atoms with E-state index < -0.39 is 18.2 Å². The van der Waals surface area contributed by atoms with Crippen LogP contribution >= 0.6 is 0 Å². The quantitative estimate of drug-likeness (QED) is 0.643. The molecule has 0 radical (unpaired) electrons. The molecule has 1 rings (SSSR count). The lowest BCUT2D eigenvalue weighted by Crippen LogP contribution is -2.24. The van der Waals surface area contributed by atoms with Crippen LogP contribution in [0.2, 0.25) is 0 Å². The first-order valence-corrected chi connectivity index (χ1v) is 5.19. The average Bonchev–Trinajstić information content (AvgIpc) is 2.25. The lowest BCUT2D eigenvalue weighted by molar-refractivity contribution is 0.0134. The maximum Gasteiger partial charge on any atom is 0.213 e. The topological polar surface area (TPSA) is 65.4 Å². The molecule has 0 fully saturated rings. The molecule has 3 N–H and O–H groups in total. The summed E-state index contributed by atoms with van der Waals surface area (Å²) in [6, 6.07) is 1.24. The first-order chi connectivity index (χ1) is 7.56. The Labute approximate surface area is 94.1 Å². The van der Waals surface area contributed by atoms with Gasteiger partial charge in [0.25, 0.3) is 0 Å². The van der Waals surface area contributed by atoms with Crippen molar-refractivity contribution in [2.45, 2.75) is 25.6 Å². The van der Waals surface area contributed by atoms with Gasteiger partial charge in [0, 0.05) is 11.8 Å². The van der Waals surface area contributed by atoms with Crippen LogP contribution in [0.4, 0.5) is 4.39 Å². The van der Waals surface area contributed by atoms with Gasteiger partial charge in [0.2, 0.25) is 5.95 Å². The summed E-state index contributed by atoms with van der Waals surface area (Å²) in [5.41, 5.74) is 1.05. The summed E-state index contributed by atoms with van der Waals surface area (Å²) in [5, 5.41) is 22.4. The van der Waals surface area contributed by atoms with E-state index >= 15 is 0 Å². The molecule has 0 aliphatic rings. The number of pyridine rings is 1. The number of aromatic nitrogens is 1. The number of hydrogen-bond donors (Lipinski definition) is 3. The maximum absolute atomic E-state index is 12.7. The monoisotopic (exact) mass is 228 g/mol. The maximum atomic E-state index is 12.7. The molecule has 0 bridgehead atoms. The fourth-order valence-electron chi connectivity index (χ4n) is 1.50. The van der Waals surface area contributed by atoms with Crippen LogP contribution in [-0.2, 0) is 0 Å². The fourth-order valence-corrected chi connectivity index (χ4v) is 1.50. The van der Waals surface area contributed by atoms with Crippen LogP contribution < -0.4 is 5.32 Å². The number of nitrogens with zero attached hydrogens (tertiary/aromatic N) is 1. The van der Waals surface area contributed by atoms with Crippen molar-refractivity contribution >= 4 is 0 Å². The molecule has 0 amide bonds. The van der Waals surface area contributed by atoms with Crippen LogP contribution in [0.3, 0.4) is 0 Å². The van der Waals surface area contributed by atoms with Gasteiger partial charge in [-0.15, -0.1) is 0 Å². The third-order valence-electron chi connectivity index (χ3n) is 2.49. The molecule has 0 aromatic carbocycles. The van der Waals surface area contributed by atoms with E-state index in [9.17, 15) is 14.6 Å². The number of aryl methyl sites for hydroxylation is 1. The molecule has 0 saturated carbocycles. The second kappa shape index (κ2) is 5.89. The molecule has 5 heteroatoms. The van der Waals surface area contributed by atoms with Crippen molar-refractivity contribution in [3.05, 3.63) is 29.3 Å². The third kappa shape index (κ3) is 3.23. The summed E-state index contributed by atoms with van der Waals surface area (Å²) in [6.07, 6.45) is -0.216. The Hall–Kier alpha value is -1.04. The highest BCUT2D eigenvalue weighted by molar-refractivity contribution is 5.25. The summed E-state index contributed by atoms with van der Waals surface area (Å²) in [6.45, 7) is 2.28. The van der Waals surface area contributed by atoms with Crippen molar-refractivity contribution in [1.29, 1.82) is 0 Å². The summed E-state index contributed by atoms with van der Waals surface area (Å²) < 4.78 is 12.7. The first-order valence-electron chi connectivity index (χ1n) is 5.19. The molecule has 0 aliphatic carbocycles. The molecule has 16 heavy (non-hydrogen) atoms. The number of nitrogens with one attached hydrogen (secondary N) is 1. The van der Waals surface area contributed by atoms with Crippen LogP contribution in [0.15, 0.2) is 12.3 Å². The van der Waals surface area contributed by atoms with Gasteiger partial charge in [-0.25, -0.2) is 4.98 Å². The highest BCUT2D eigenvalue weighted by Crippen LogP contribution is 2.21. The van der Waals surface area contributed by atoms with E-state index in [2.05, 4.69) is 10.3 Å². The number of aliphatic hydroxyl groups excluding tert-OH is 2. The first kappa shape index (κ1) is 13.0. The largest absolute Gasteiger partial charge is 0.390 e. The van der Waals surface area contributed by atoms with Gasteiger partial charge in [0.15, 0.2) is 0 Å². The van der Waals surface area contributed by atoms with Crippen molar-refractivity contribution in [2.24, 2.45) is 0 Å². The summed E-state index contributed by atoms with van der Waals surface area (Å²) in [4.78, 5) is 3.47. The van der Waals surface area contributed by atoms with Gasteiger partial charge in [-0.3, -0.25) is 0 Å². The van der Waals surface area contributed by atoms with Gasteiger partial charge in [-0.1, -0.05) is 0 Å². The Morgan fingerprint density at radius 1 is 1.50 bits per heavy atom. The van der Waals surface area contributed by atoms with Crippen molar-refractivity contribution in [3.8, 4) is 0 Å². The third-order valence-corrected chi connectivity index (χ3v) is 2.49. The van der Waals surface area contributed by atoms with Crippen molar-refractivity contribution in [3.63, 3.8) is 0 Å². The van der Waals surface area contributed by atoms with Crippen LogP contribution in [0.5, 0.6) is 0 Å². The lowest BCUT2D eigenvalue weighted by atomic mass is 10.00. The van der Waals surface area contributed by atoms with E-state index in [1.165, 1.54) is 12.3 Å². The summed E-state index contributed by atoms with van der Waals surface area (Å²) in [7, 11) is 1.77. The van der Waals surface area contributed by atoms with Crippen molar-refractivity contribution < 1.29 is 14.6 Å². The van der Waals surface area contributed by atoms with Crippen LogP contribution in [-0.4, -0.2) is 34.9 Å². The Morgan fingerprint density at radius 3 is 2.75 bits per heavy atom. The number of rotatable bonds is 5. The average molecular weight is 228 g/mol. The van der Waals surface area contributed by atoms with Crippen LogP contribution in [0, 0.1) is 12.9 Å². The molecule has 2 atom stereocenters. The number of hydrogen-bond acceptors (Lipinski definition) is 4. The molecule has 1 aromatic rings.